The molecule has 0 spiro atoms. The number of ether oxygens (including phenoxy) is 1. The molecule has 5 heteroatoms. The molecule has 1 saturated heterocycles. The number of nitrogens with zero attached hydrogens (tertiary/aromatic N) is 1. The topological polar surface area (TPSA) is 46.6 Å². The Morgan fingerprint density at radius 1 is 0.962 bits per heavy atom. The van der Waals surface area contributed by atoms with E-state index in [1.165, 1.54) is 4.90 Å². The van der Waals surface area contributed by atoms with Crippen molar-refractivity contribution < 1.29 is 14.3 Å². The number of hydrogen-bond acceptors (Lipinski definition) is 3. The highest BCUT2D eigenvalue weighted by atomic mass is 79.9. The summed E-state index contributed by atoms with van der Waals surface area (Å²) in [5.41, 5.74) is 0.602. The van der Waals surface area contributed by atoms with Gasteiger partial charge in [0.25, 0.3) is 0 Å². The van der Waals surface area contributed by atoms with Gasteiger partial charge >= 0.3 is 0 Å². The molecule has 0 unspecified atom stereocenters. The first-order chi connectivity index (χ1) is 12.5. The van der Waals surface area contributed by atoms with Gasteiger partial charge in [-0.15, -0.1) is 0 Å². The Hall–Kier alpha value is -2.40. The van der Waals surface area contributed by atoms with Crippen LogP contribution in [0.5, 0.6) is 11.5 Å². The third-order valence-corrected chi connectivity index (χ3v) is 5.55. The number of carbonyl (C=O) groups excluding carboxylic acids is 2. The average molecular weight is 412 g/mol. The van der Waals surface area contributed by atoms with Crippen LogP contribution in [0.15, 0.2) is 65.2 Å². The molecule has 0 N–H and O–H groups in total. The summed E-state index contributed by atoms with van der Waals surface area (Å²) in [6.45, 7) is 2.00. The van der Waals surface area contributed by atoms with Gasteiger partial charge in [-0.3, -0.25) is 14.5 Å². The van der Waals surface area contributed by atoms with Gasteiger partial charge in [0.15, 0.2) is 0 Å². The van der Waals surface area contributed by atoms with E-state index in [9.17, 15) is 9.59 Å². The molecule has 2 amide bonds. The number of rotatable bonds is 3. The first kappa shape index (κ1) is 17.0. The second-order valence-electron chi connectivity index (χ2n) is 6.72. The summed E-state index contributed by atoms with van der Waals surface area (Å²) in [5, 5.41) is 0. The molecule has 2 aromatic rings. The van der Waals surface area contributed by atoms with Gasteiger partial charge in [0.2, 0.25) is 11.8 Å². The first-order valence-electron chi connectivity index (χ1n) is 8.62. The van der Waals surface area contributed by atoms with Crippen molar-refractivity contribution in [2.24, 2.45) is 17.8 Å². The van der Waals surface area contributed by atoms with Crippen LogP contribution in [0.3, 0.4) is 0 Å². The number of imide groups is 1. The summed E-state index contributed by atoms with van der Waals surface area (Å²) in [7, 11) is 0. The summed E-state index contributed by atoms with van der Waals surface area (Å²) >= 11 is 3.39. The molecule has 4 rings (SSSR count). The number of allylic oxidation sites excluding steroid dienone is 2. The molecular formula is C21H18BrNO3. The molecule has 1 heterocycles. The van der Waals surface area contributed by atoms with E-state index >= 15 is 0 Å². The van der Waals surface area contributed by atoms with Gasteiger partial charge in [-0.05, 0) is 60.9 Å². The molecule has 1 aliphatic carbocycles. The number of amides is 2. The van der Waals surface area contributed by atoms with Crippen LogP contribution < -0.4 is 9.64 Å². The lowest BCUT2D eigenvalue weighted by atomic mass is 9.78. The second kappa shape index (κ2) is 6.72. The Bertz CT molecular complexity index is 873. The van der Waals surface area contributed by atoms with Crippen LogP contribution in [0.2, 0.25) is 0 Å². The van der Waals surface area contributed by atoms with Crippen molar-refractivity contribution >= 4 is 33.4 Å². The Morgan fingerprint density at radius 3 is 2.19 bits per heavy atom. The SMILES string of the molecule is C[C@@H]1C=CC[C@@H]2C(=O)N(c3ccc(Oc4ccc(Br)cc4)cc3)C(=O)[C@@H]12. The number of carbonyl (C=O) groups is 2. The van der Waals surface area contributed by atoms with E-state index in [0.717, 1.165) is 10.2 Å². The number of fused-ring (bicyclic) bond motifs is 1. The molecule has 0 aromatic heterocycles. The zero-order valence-corrected chi connectivity index (χ0v) is 15.8. The molecular weight excluding hydrogens is 394 g/mol. The van der Waals surface area contributed by atoms with E-state index < -0.39 is 0 Å². The van der Waals surface area contributed by atoms with E-state index in [0.29, 0.717) is 17.9 Å². The summed E-state index contributed by atoms with van der Waals surface area (Å²) in [4.78, 5) is 26.9. The van der Waals surface area contributed by atoms with Gasteiger partial charge in [0, 0.05) is 4.47 Å². The van der Waals surface area contributed by atoms with Crippen molar-refractivity contribution in [3.05, 3.63) is 65.2 Å². The maximum Gasteiger partial charge on any atom is 0.238 e. The lowest BCUT2D eigenvalue weighted by Crippen LogP contribution is -2.31. The van der Waals surface area contributed by atoms with Crippen LogP contribution in [0.4, 0.5) is 5.69 Å². The molecule has 0 radical (unpaired) electrons. The zero-order chi connectivity index (χ0) is 18.3. The van der Waals surface area contributed by atoms with Crippen LogP contribution in [-0.4, -0.2) is 11.8 Å². The number of halogens is 1. The maximum atomic E-state index is 12.8. The fourth-order valence-corrected chi connectivity index (χ4v) is 3.97. The molecule has 3 atom stereocenters. The normalized spacial score (nSPS) is 24.7. The molecule has 2 aromatic carbocycles. The van der Waals surface area contributed by atoms with Crippen molar-refractivity contribution in [3.63, 3.8) is 0 Å². The molecule has 0 saturated carbocycles. The molecule has 26 heavy (non-hydrogen) atoms. The van der Waals surface area contributed by atoms with Crippen molar-refractivity contribution in [1.29, 1.82) is 0 Å². The van der Waals surface area contributed by atoms with Crippen molar-refractivity contribution in [2.45, 2.75) is 13.3 Å². The Balaban J connectivity index is 1.54. The monoisotopic (exact) mass is 411 g/mol. The van der Waals surface area contributed by atoms with E-state index in [2.05, 4.69) is 15.9 Å². The van der Waals surface area contributed by atoms with E-state index in [1.54, 1.807) is 24.3 Å². The largest absolute Gasteiger partial charge is 0.457 e. The van der Waals surface area contributed by atoms with Gasteiger partial charge in [0.1, 0.15) is 11.5 Å². The lowest BCUT2D eigenvalue weighted by Gasteiger charge is -2.22. The van der Waals surface area contributed by atoms with Crippen LogP contribution in [0, 0.1) is 17.8 Å². The molecule has 1 aliphatic heterocycles. The summed E-state index contributed by atoms with van der Waals surface area (Å²) in [5.74, 6) is 0.793. The lowest BCUT2D eigenvalue weighted by molar-refractivity contribution is -0.122. The van der Waals surface area contributed by atoms with E-state index in [-0.39, 0.29) is 29.6 Å². The Morgan fingerprint density at radius 2 is 1.58 bits per heavy atom. The zero-order valence-electron chi connectivity index (χ0n) is 14.3. The highest BCUT2D eigenvalue weighted by Gasteiger charge is 2.50. The fraction of sp³-hybridized carbons (Fsp3) is 0.238. The minimum atomic E-state index is -0.244. The van der Waals surface area contributed by atoms with Gasteiger partial charge in [-0.25, -0.2) is 0 Å². The first-order valence-corrected chi connectivity index (χ1v) is 9.42. The maximum absolute atomic E-state index is 12.8. The Kier molecular flexibility index (Phi) is 4.41. The van der Waals surface area contributed by atoms with Crippen LogP contribution in [0.25, 0.3) is 0 Å². The van der Waals surface area contributed by atoms with Crippen molar-refractivity contribution in [1.82, 2.24) is 0 Å². The number of anilines is 1. The van der Waals surface area contributed by atoms with Gasteiger partial charge in [-0.1, -0.05) is 35.0 Å². The van der Waals surface area contributed by atoms with E-state index in [1.807, 2.05) is 43.3 Å². The second-order valence-corrected chi connectivity index (χ2v) is 7.63. The fourth-order valence-electron chi connectivity index (χ4n) is 3.70. The summed E-state index contributed by atoms with van der Waals surface area (Å²) in [6.07, 6.45) is 4.68. The molecule has 0 bridgehead atoms. The van der Waals surface area contributed by atoms with Crippen molar-refractivity contribution in [2.75, 3.05) is 4.90 Å². The van der Waals surface area contributed by atoms with Crippen molar-refractivity contribution in [3.8, 4) is 11.5 Å². The van der Waals surface area contributed by atoms with Gasteiger partial charge < -0.3 is 4.74 Å². The predicted octanol–water partition coefficient (Wildman–Crippen LogP) is 4.94. The predicted molar refractivity (Wildman–Crippen MR) is 103 cm³/mol. The average Bonchev–Trinajstić information content (AvgIpc) is 2.90. The van der Waals surface area contributed by atoms with Gasteiger partial charge in [0.05, 0.1) is 17.5 Å². The number of benzene rings is 2. The van der Waals surface area contributed by atoms with Crippen LogP contribution >= 0.6 is 15.9 Å². The highest BCUT2D eigenvalue weighted by Crippen LogP contribution is 2.40. The van der Waals surface area contributed by atoms with Gasteiger partial charge in [-0.2, -0.15) is 0 Å². The summed E-state index contributed by atoms with van der Waals surface area (Å²) < 4.78 is 6.78. The number of hydrogen-bond donors (Lipinski definition) is 0. The van der Waals surface area contributed by atoms with Crippen LogP contribution in [-0.2, 0) is 9.59 Å². The molecule has 1 fully saturated rings. The van der Waals surface area contributed by atoms with E-state index in [4.69, 9.17) is 4.74 Å². The molecule has 2 aliphatic rings. The standard InChI is InChI=1S/C21H18BrNO3/c1-13-3-2-4-18-19(13)21(25)23(20(18)24)15-7-11-17(12-8-15)26-16-9-5-14(22)6-10-16/h2-3,5-13,18-19H,4H2,1H3/t13-,18+,19+/m1/s1. The Labute approximate surface area is 160 Å². The minimum Gasteiger partial charge on any atom is -0.457 e. The summed E-state index contributed by atoms with van der Waals surface area (Å²) in [6, 6.07) is 14.6. The van der Waals surface area contributed by atoms with Crippen LogP contribution in [0.1, 0.15) is 13.3 Å². The smallest absolute Gasteiger partial charge is 0.238 e. The highest BCUT2D eigenvalue weighted by molar-refractivity contribution is 9.10. The third-order valence-electron chi connectivity index (χ3n) is 5.02. The molecule has 132 valence electrons. The quantitative estimate of drug-likeness (QED) is 0.530. The third kappa shape index (κ3) is 2.97. The minimum absolute atomic E-state index is 0.0928. The molecule has 4 nitrogen and oxygen atoms in total.